The molecule has 6 rings (SSSR count). The van der Waals surface area contributed by atoms with Gasteiger partial charge in [0.25, 0.3) is 0 Å². The average Bonchev–Trinajstić information content (AvgIpc) is 3.48. The van der Waals surface area contributed by atoms with Crippen molar-refractivity contribution in [2.24, 2.45) is 0 Å². The van der Waals surface area contributed by atoms with E-state index in [0.29, 0.717) is 145 Å². The third-order valence-electron chi connectivity index (χ3n) is 13.6. The van der Waals surface area contributed by atoms with Gasteiger partial charge in [-0.05, 0) is 122 Å². The number of ether oxygens (including phenoxy) is 6. The minimum Gasteiger partial charge on any atom is -0.379 e. The summed E-state index contributed by atoms with van der Waals surface area (Å²) < 4.78 is 88.8. The molecule has 0 bridgehead atoms. The van der Waals surface area contributed by atoms with E-state index in [1.54, 1.807) is 48.5 Å². The molecule has 2 amide bonds. The molecule has 4 aromatic rings. The lowest BCUT2D eigenvalue weighted by Gasteiger charge is -2.33. The number of sulfonamides is 1. The van der Waals surface area contributed by atoms with E-state index in [-0.39, 0.29) is 59.0 Å². The fourth-order valence-electron chi connectivity index (χ4n) is 9.59. The Morgan fingerprint density at radius 1 is 0.525 bits per heavy atom. The number of benzene rings is 4. The van der Waals surface area contributed by atoms with Gasteiger partial charge in [-0.3, -0.25) is 4.79 Å². The van der Waals surface area contributed by atoms with Crippen molar-refractivity contribution in [3.05, 3.63) is 126 Å². The molecule has 2 atom stereocenters. The molecule has 0 radical (unpaired) electrons. The van der Waals surface area contributed by atoms with Crippen LogP contribution in [0.4, 0.5) is 4.79 Å². The van der Waals surface area contributed by atoms with Crippen LogP contribution >= 0.6 is 46.4 Å². The molecular formula is C57H77Cl4N5O12S2. The molecule has 442 valence electrons. The zero-order valence-corrected chi connectivity index (χ0v) is 50.5. The molecule has 17 nitrogen and oxygen atoms in total. The highest BCUT2D eigenvalue weighted by Gasteiger charge is 2.30. The van der Waals surface area contributed by atoms with Gasteiger partial charge in [-0.2, -0.15) is 0 Å². The number of carbonyl (C=O) groups is 2. The van der Waals surface area contributed by atoms with Gasteiger partial charge in [-0.15, -0.1) is 0 Å². The summed E-state index contributed by atoms with van der Waals surface area (Å²) in [6.45, 7) is 7.77. The van der Waals surface area contributed by atoms with E-state index >= 15 is 0 Å². The van der Waals surface area contributed by atoms with E-state index in [4.69, 9.17) is 74.8 Å². The lowest BCUT2D eigenvalue weighted by Crippen LogP contribution is -2.37. The first-order chi connectivity index (χ1) is 38.5. The number of hydrogen-bond donors (Lipinski definition) is 3. The van der Waals surface area contributed by atoms with Crippen molar-refractivity contribution < 1.29 is 54.8 Å². The number of fused-ring (bicyclic) bond motifs is 2. The molecule has 23 heteroatoms. The number of Topliss-reactive ketones (excluding diaryl/α,β-unsaturated/α-hetero) is 1. The summed E-state index contributed by atoms with van der Waals surface area (Å²) in [6, 6.07) is 21.1. The molecule has 2 aliphatic rings. The van der Waals surface area contributed by atoms with Crippen LogP contribution in [0.25, 0.3) is 0 Å². The summed E-state index contributed by atoms with van der Waals surface area (Å²) in [5.74, 6) is 0.0140. The predicted molar refractivity (Wildman–Crippen MR) is 313 cm³/mol. The van der Waals surface area contributed by atoms with Crippen LogP contribution in [0, 0.1) is 0 Å². The maximum Gasteiger partial charge on any atom is 0.314 e. The number of hydrogen-bond acceptors (Lipinski definition) is 14. The van der Waals surface area contributed by atoms with Crippen molar-refractivity contribution in [2.75, 3.05) is 132 Å². The van der Waals surface area contributed by atoms with E-state index in [0.717, 1.165) is 59.2 Å². The molecule has 2 unspecified atom stereocenters. The number of ketones is 1. The first-order valence-electron chi connectivity index (χ1n) is 27.3. The van der Waals surface area contributed by atoms with E-state index in [9.17, 15) is 26.4 Å². The highest BCUT2D eigenvalue weighted by atomic mass is 35.5. The van der Waals surface area contributed by atoms with Crippen LogP contribution in [-0.2, 0) is 66.2 Å². The molecule has 80 heavy (non-hydrogen) atoms. The molecule has 0 fully saturated rings. The first-order valence-corrected chi connectivity index (χ1v) is 31.9. The van der Waals surface area contributed by atoms with Gasteiger partial charge in [0.1, 0.15) is 5.78 Å². The van der Waals surface area contributed by atoms with Crippen LogP contribution in [0.5, 0.6) is 0 Å². The normalized spacial score (nSPS) is 15.9. The van der Waals surface area contributed by atoms with Crippen LogP contribution in [0.15, 0.2) is 82.6 Å². The molecule has 0 aromatic heterocycles. The Labute approximate surface area is 492 Å². The number of sulfone groups is 1. The molecule has 4 aromatic carbocycles. The highest BCUT2D eigenvalue weighted by molar-refractivity contribution is 7.91. The monoisotopic (exact) mass is 1230 g/mol. The molecule has 0 saturated carbocycles. The molecule has 0 aliphatic carbocycles. The van der Waals surface area contributed by atoms with E-state index < -0.39 is 19.9 Å². The zero-order chi connectivity index (χ0) is 57.3. The third-order valence-corrected chi connectivity index (χ3v) is 18.0. The molecule has 0 spiro atoms. The molecule has 0 saturated heterocycles. The number of amides is 2. The maximum absolute atomic E-state index is 13.3. The van der Waals surface area contributed by atoms with Gasteiger partial charge in [-0.1, -0.05) is 77.1 Å². The average molecular weight is 1230 g/mol. The number of rotatable bonds is 37. The number of likely N-dealkylation sites (N-methyl/N-ethyl adjacent to an activating group) is 2. The van der Waals surface area contributed by atoms with Crippen molar-refractivity contribution in [3.63, 3.8) is 0 Å². The van der Waals surface area contributed by atoms with Crippen LogP contribution < -0.4 is 15.4 Å². The fraction of sp³-hybridized carbons (Fsp3) is 0.544. The van der Waals surface area contributed by atoms with Gasteiger partial charge >= 0.3 is 6.03 Å². The van der Waals surface area contributed by atoms with Gasteiger partial charge in [0, 0.05) is 104 Å². The van der Waals surface area contributed by atoms with Crippen LogP contribution in [0.1, 0.15) is 90.2 Å². The lowest BCUT2D eigenvalue weighted by molar-refractivity contribution is -0.119. The van der Waals surface area contributed by atoms with Crippen molar-refractivity contribution in [2.45, 2.75) is 79.7 Å². The summed E-state index contributed by atoms with van der Waals surface area (Å²) in [7, 11) is -3.28. The lowest BCUT2D eigenvalue weighted by atomic mass is 9.85. The summed E-state index contributed by atoms with van der Waals surface area (Å²) in [5, 5.41) is 7.89. The van der Waals surface area contributed by atoms with Crippen LogP contribution in [-0.4, -0.2) is 170 Å². The first kappa shape index (κ1) is 65.7. The van der Waals surface area contributed by atoms with E-state index in [1.165, 1.54) is 0 Å². The summed E-state index contributed by atoms with van der Waals surface area (Å²) in [5.41, 5.74) is 5.80. The van der Waals surface area contributed by atoms with Crippen molar-refractivity contribution in [3.8, 4) is 0 Å². The summed E-state index contributed by atoms with van der Waals surface area (Å²) in [4.78, 5) is 29.2. The number of halogens is 4. The molecular weight excluding hydrogens is 1150 g/mol. The molecule has 2 heterocycles. The Morgan fingerprint density at radius 3 is 1.55 bits per heavy atom. The Kier molecular flexibility index (Phi) is 28.2. The topological polar surface area (TPSA) is 200 Å². The van der Waals surface area contributed by atoms with Gasteiger partial charge in [-0.25, -0.2) is 26.4 Å². The van der Waals surface area contributed by atoms with Gasteiger partial charge in [0.2, 0.25) is 10.0 Å². The number of urea groups is 1. The Balaban J connectivity index is 0.667. The summed E-state index contributed by atoms with van der Waals surface area (Å²) >= 11 is 25.7. The number of nitrogens with zero attached hydrogens (tertiary/aromatic N) is 2. The van der Waals surface area contributed by atoms with Gasteiger partial charge in [0.05, 0.1) is 81.6 Å². The molecule has 3 N–H and O–H groups in total. The van der Waals surface area contributed by atoms with Crippen LogP contribution in [0.3, 0.4) is 0 Å². The number of nitrogens with one attached hydrogen (secondary N) is 3. The zero-order valence-electron chi connectivity index (χ0n) is 45.8. The van der Waals surface area contributed by atoms with Gasteiger partial charge in [0.15, 0.2) is 9.84 Å². The largest absolute Gasteiger partial charge is 0.379 e. The molecule has 2 aliphatic heterocycles. The second-order valence-electron chi connectivity index (χ2n) is 19.9. The quantitative estimate of drug-likeness (QED) is 0.0362. The summed E-state index contributed by atoms with van der Waals surface area (Å²) in [6.07, 6.45) is 4.28. The fourth-order valence-corrected chi connectivity index (χ4v) is 13.1. The Hall–Kier alpha value is -3.48. The standard InChI is InChI=1S/C57H77Cl4N5O12S2/c1-65-38-51(49-34-44(58)36-55(60)53(49)40-65)42-10-6-14-47(32-42)79(69,70)31-9-20-74-24-28-77-27-23-73-19-8-13-46(67)12-4-3-5-16-62-57(68)63-17-21-75-25-29-78-30-26-76-22-18-64-80(71,72)48-15-7-11-43(33-48)52-39-66(2)41-54-50(52)35-45(59)37-56(54)61/h6-7,10-11,14-15,32-37,51-52,64H,3-5,8-9,12-13,16-31,38-41H2,1-2H3,(H2,62,63,68). The number of carbonyl (C=O) groups excluding carboxylic acids is 2. The van der Waals surface area contributed by atoms with Gasteiger partial charge < -0.3 is 48.9 Å². The predicted octanol–water partition coefficient (Wildman–Crippen LogP) is 8.91. The Bertz CT molecular complexity index is 2650. The third kappa shape index (κ3) is 21.9. The second-order valence-corrected chi connectivity index (χ2v) is 25.5. The number of unbranched alkanes of at least 4 members (excludes halogenated alkanes) is 2. The Morgan fingerprint density at radius 2 is 0.988 bits per heavy atom. The smallest absolute Gasteiger partial charge is 0.314 e. The second kappa shape index (κ2) is 34.3. The van der Waals surface area contributed by atoms with E-state index in [2.05, 4.69) is 25.2 Å². The van der Waals surface area contributed by atoms with Crippen LogP contribution in [0.2, 0.25) is 20.1 Å². The maximum atomic E-state index is 13.3. The highest BCUT2D eigenvalue weighted by Crippen LogP contribution is 2.40. The minimum absolute atomic E-state index is 0.0325. The minimum atomic E-state index is -3.78. The van der Waals surface area contributed by atoms with Crippen molar-refractivity contribution in [1.82, 2.24) is 25.2 Å². The van der Waals surface area contributed by atoms with Crippen molar-refractivity contribution in [1.29, 1.82) is 0 Å². The van der Waals surface area contributed by atoms with E-state index in [1.807, 2.05) is 38.4 Å². The SMILES string of the molecule is CN1Cc2c(Cl)cc(Cl)cc2C(c2cccc(S(=O)(=O)CCCOCCOCCOCCCC(=O)CCCCCNC(=O)NCCOCCOCCOCCNS(=O)(=O)c3cccc(C4CN(C)Cc5c(Cl)cc(Cl)cc54)c3)c2)C1. The van der Waals surface area contributed by atoms with Crippen molar-refractivity contribution >= 4 is 78.1 Å².